The van der Waals surface area contributed by atoms with Crippen molar-refractivity contribution >= 4 is 50.6 Å². The Bertz CT molecular complexity index is 4050. The molecule has 10 aromatic rings. The number of rotatable bonds is 8. The van der Waals surface area contributed by atoms with E-state index in [9.17, 15) is 0 Å². The maximum absolute atomic E-state index is 9.09. The van der Waals surface area contributed by atoms with E-state index in [0.29, 0.717) is 57.2 Å². The molecule has 68 heavy (non-hydrogen) atoms. The fourth-order valence-corrected chi connectivity index (χ4v) is 8.15. The van der Waals surface area contributed by atoms with Crippen molar-refractivity contribution in [2.24, 2.45) is 0 Å². The van der Waals surface area contributed by atoms with Crippen molar-refractivity contribution < 1.29 is 39.5 Å². The Hall–Kier alpha value is -7.63. The minimum absolute atomic E-state index is 0. The molecule has 4 heterocycles. The van der Waals surface area contributed by atoms with E-state index in [1.165, 1.54) is 0 Å². The molecule has 0 unspecified atom stereocenters. The van der Waals surface area contributed by atoms with Crippen molar-refractivity contribution in [3.63, 3.8) is 0 Å². The van der Waals surface area contributed by atoms with Crippen LogP contribution in [0.15, 0.2) is 176 Å². The van der Waals surface area contributed by atoms with E-state index in [1.807, 2.05) is 65.2 Å². The summed E-state index contributed by atoms with van der Waals surface area (Å²) in [5, 5.41) is 1.82. The number of benzene rings is 7. The first kappa shape index (κ1) is 33.8. The number of fused-ring (bicyclic) bond motifs is 4. The number of aromatic nitrogens is 5. The monoisotopic (exact) mass is 1070 g/mol. The van der Waals surface area contributed by atoms with Crippen molar-refractivity contribution in [3.8, 4) is 51.0 Å². The Kier molecular flexibility index (Phi) is 8.72. The SMILES string of the molecule is [2H]c1c([2H])c([2H])c(-c2cccc(-c3c([2H])c([2H])c([2H])c([2H])c3[2H])c2[N+]2=C=[N+](c3[c-]c(Oc4[c-]c5c(cc4-c4nc(C(C)(C)C)nc(C(C)(C)C)n4)c4ccccc4n5-c4ccccn4)ccc3)c3ccccc32)c([2H])c1[2H].[Pt+2]. The van der Waals surface area contributed by atoms with Gasteiger partial charge in [0, 0.05) is 46.2 Å². The van der Waals surface area contributed by atoms with E-state index in [4.69, 9.17) is 38.4 Å². The molecule has 9 heteroatoms. The number of para-hydroxylation sites is 4. The summed E-state index contributed by atoms with van der Waals surface area (Å²) in [6.45, 7) is 12.3. The standard InChI is InChI=1S/C59H47N7O.Pt/c1-58(2,3)56-61-55(62-57(63-56)59(4,5)6)47-36-46-45-27-13-14-30-48(45)66(53-33-17-18-34-60-53)51(46)37-52(47)67-42-26-19-25-41(35-42)64-38-65(50-32-16-15-31-49(50)64)54-43(39-21-9-7-10-22-39)28-20-29-44(54)40-23-11-8-12-24-40;/h7-34,36H,1-6H3;/q;+2/i7D,8D,9D,10D,11D,12D,21D,22D,23D,24D;. The van der Waals surface area contributed by atoms with E-state index in [1.54, 1.807) is 57.8 Å². The maximum Gasteiger partial charge on any atom is 2.00 e. The third-order valence-electron chi connectivity index (χ3n) is 11.3. The second kappa shape index (κ2) is 17.5. The van der Waals surface area contributed by atoms with Crippen LogP contribution in [0.1, 0.15) is 66.9 Å². The summed E-state index contributed by atoms with van der Waals surface area (Å²) in [6, 6.07) is 38.3. The summed E-state index contributed by atoms with van der Waals surface area (Å²) in [4.78, 5) is 19.9. The summed E-state index contributed by atoms with van der Waals surface area (Å²) in [5.74, 6) is 2.86. The normalized spacial score (nSPS) is 14.4. The van der Waals surface area contributed by atoms with Crippen molar-refractivity contribution in [1.29, 1.82) is 0 Å². The van der Waals surface area contributed by atoms with Crippen LogP contribution < -0.4 is 13.9 Å². The van der Waals surface area contributed by atoms with E-state index >= 15 is 0 Å². The Morgan fingerprint density at radius 1 is 0.603 bits per heavy atom. The topological polar surface area (TPSA) is 71.7 Å². The molecule has 0 N–H and O–H groups in total. The average molecular weight is 1080 g/mol. The van der Waals surface area contributed by atoms with Crippen LogP contribution in [0.4, 0.5) is 22.7 Å². The van der Waals surface area contributed by atoms with Crippen LogP contribution in [0.3, 0.4) is 0 Å². The average Bonchev–Trinajstić information content (AvgIpc) is 4.18. The minimum Gasteiger partial charge on any atom is -0.508 e. The number of hydrogen-bond donors (Lipinski definition) is 0. The molecule has 0 amide bonds. The molecular weight excluding hydrogens is 1020 g/mol. The molecule has 7 aromatic carbocycles. The molecule has 0 aliphatic carbocycles. The smallest absolute Gasteiger partial charge is 0.508 e. The molecule has 8 nitrogen and oxygen atoms in total. The Labute approximate surface area is 425 Å². The summed E-state index contributed by atoms with van der Waals surface area (Å²) in [7, 11) is 0. The molecule has 3 aromatic heterocycles. The molecule has 0 fully saturated rings. The zero-order valence-corrected chi connectivity index (χ0v) is 40.1. The Morgan fingerprint density at radius 3 is 1.84 bits per heavy atom. The molecule has 0 spiro atoms. The van der Waals surface area contributed by atoms with Gasteiger partial charge in [0.05, 0.1) is 24.8 Å². The molecular formula is C59H47N7OPt+2. The van der Waals surface area contributed by atoms with Crippen molar-refractivity contribution in [2.45, 2.75) is 52.4 Å². The van der Waals surface area contributed by atoms with Crippen LogP contribution in [-0.4, -0.2) is 30.5 Å². The molecule has 0 atom stereocenters. The van der Waals surface area contributed by atoms with Crippen LogP contribution in [0.5, 0.6) is 11.5 Å². The molecule has 0 bridgehead atoms. The summed E-state index contributed by atoms with van der Waals surface area (Å²) in [5.41, 5.74) is 2.86. The van der Waals surface area contributed by atoms with Crippen LogP contribution in [0.25, 0.3) is 61.3 Å². The van der Waals surface area contributed by atoms with Gasteiger partial charge in [-0.05, 0) is 57.0 Å². The van der Waals surface area contributed by atoms with Crippen molar-refractivity contribution in [1.82, 2.24) is 33.7 Å². The predicted molar refractivity (Wildman–Crippen MR) is 271 cm³/mol. The van der Waals surface area contributed by atoms with Crippen LogP contribution in [0.2, 0.25) is 0 Å². The minimum atomic E-state index is -0.585. The maximum atomic E-state index is 9.09. The number of nitrogens with zero attached hydrogens (tertiary/aromatic N) is 7. The van der Waals surface area contributed by atoms with Gasteiger partial charge in [0.2, 0.25) is 5.69 Å². The van der Waals surface area contributed by atoms with E-state index in [0.717, 1.165) is 16.3 Å². The quantitative estimate of drug-likeness (QED) is 0.112. The van der Waals surface area contributed by atoms with Gasteiger partial charge in [-0.15, -0.1) is 23.6 Å². The fourth-order valence-electron chi connectivity index (χ4n) is 8.15. The Morgan fingerprint density at radius 2 is 1.21 bits per heavy atom. The second-order valence-corrected chi connectivity index (χ2v) is 18.1. The third-order valence-corrected chi connectivity index (χ3v) is 11.3. The molecule has 0 saturated heterocycles. The summed E-state index contributed by atoms with van der Waals surface area (Å²) >= 11 is 0. The first-order valence-corrected chi connectivity index (χ1v) is 21.8. The van der Waals surface area contributed by atoms with Gasteiger partial charge >= 0.3 is 27.1 Å². The van der Waals surface area contributed by atoms with E-state index in [-0.39, 0.29) is 54.8 Å². The van der Waals surface area contributed by atoms with Crippen LogP contribution in [-0.2, 0) is 31.9 Å². The van der Waals surface area contributed by atoms with Gasteiger partial charge in [-0.1, -0.05) is 167 Å². The first-order valence-electron chi connectivity index (χ1n) is 26.8. The zero-order valence-electron chi connectivity index (χ0n) is 47.8. The molecule has 0 radical (unpaired) electrons. The molecule has 0 saturated carbocycles. The van der Waals surface area contributed by atoms with Gasteiger partial charge in [-0.2, -0.15) is 6.07 Å². The van der Waals surface area contributed by atoms with Crippen molar-refractivity contribution in [2.75, 3.05) is 0 Å². The second-order valence-electron chi connectivity index (χ2n) is 18.1. The van der Waals surface area contributed by atoms with Gasteiger partial charge < -0.3 is 9.30 Å². The van der Waals surface area contributed by atoms with Gasteiger partial charge in [0.15, 0.2) is 0 Å². The van der Waals surface area contributed by atoms with Crippen LogP contribution >= 0.6 is 0 Å². The van der Waals surface area contributed by atoms with E-state index < -0.39 is 71.3 Å². The third kappa shape index (κ3) is 8.06. The zero-order chi connectivity index (χ0) is 54.6. The van der Waals surface area contributed by atoms with Crippen LogP contribution in [0, 0.1) is 12.1 Å². The van der Waals surface area contributed by atoms with Crippen molar-refractivity contribution in [3.05, 3.63) is 200 Å². The molecule has 1 aliphatic heterocycles. The molecule has 11 rings (SSSR count). The van der Waals surface area contributed by atoms with Gasteiger partial charge in [-0.3, -0.25) is 0 Å². The largest absolute Gasteiger partial charge is 2.00 e. The summed E-state index contributed by atoms with van der Waals surface area (Å²) in [6.07, 6.45) is 1.74. The molecule has 332 valence electrons. The Balaban J connectivity index is 0.00000688. The predicted octanol–water partition coefficient (Wildman–Crippen LogP) is 14.2. The van der Waals surface area contributed by atoms with E-state index in [2.05, 4.69) is 65.7 Å². The first-order chi connectivity index (χ1) is 36.6. The number of pyridine rings is 1. The van der Waals surface area contributed by atoms with Gasteiger partial charge in [-0.25, -0.2) is 19.9 Å². The van der Waals surface area contributed by atoms with Gasteiger partial charge in [0.1, 0.15) is 29.0 Å². The number of ether oxygens (including phenoxy) is 1. The number of hydrogen-bond acceptors (Lipinski definition) is 5. The fraction of sp³-hybridized carbons (Fsp3) is 0.136. The van der Waals surface area contributed by atoms with Gasteiger partial charge in [0.25, 0.3) is 11.4 Å². The summed E-state index contributed by atoms with van der Waals surface area (Å²) < 4.78 is 100.0. The molecule has 1 aliphatic rings.